The van der Waals surface area contributed by atoms with Gasteiger partial charge < -0.3 is 4.74 Å². The number of amides is 1. The summed E-state index contributed by atoms with van der Waals surface area (Å²) in [6.07, 6.45) is -0.644. The van der Waals surface area contributed by atoms with Gasteiger partial charge in [-0.25, -0.2) is 13.3 Å². The van der Waals surface area contributed by atoms with E-state index in [4.69, 9.17) is 8.92 Å². The number of rotatable bonds is 0. The Morgan fingerprint density at radius 3 is 2.50 bits per heavy atom. The summed E-state index contributed by atoms with van der Waals surface area (Å²) in [5.41, 5.74) is -0.602. The van der Waals surface area contributed by atoms with E-state index < -0.39 is 21.7 Å². The molecule has 1 heterocycles. The number of hydrogen-bond acceptors (Lipinski definition) is 4. The monoisotopic (exact) mass is 221 g/mol. The van der Waals surface area contributed by atoms with Crippen molar-refractivity contribution in [1.82, 2.24) is 4.31 Å². The predicted octanol–water partition coefficient (Wildman–Crippen LogP) is 0.800. The Morgan fingerprint density at radius 2 is 2.14 bits per heavy atom. The minimum Gasteiger partial charge on any atom is -0.443 e. The lowest BCUT2D eigenvalue weighted by atomic mass is 10.2. The van der Waals surface area contributed by atoms with E-state index in [1.807, 2.05) is 0 Å². The second-order valence-corrected chi connectivity index (χ2v) is 5.83. The van der Waals surface area contributed by atoms with Crippen molar-refractivity contribution in [3.63, 3.8) is 0 Å². The highest BCUT2D eigenvalue weighted by Gasteiger charge is 2.32. The van der Waals surface area contributed by atoms with Crippen LogP contribution in [0, 0.1) is 0 Å². The Kier molecular flexibility index (Phi) is 2.78. The zero-order valence-electron chi connectivity index (χ0n) is 8.61. The molecule has 6 heteroatoms. The largest absolute Gasteiger partial charge is 0.443 e. The van der Waals surface area contributed by atoms with Gasteiger partial charge in [-0.05, 0) is 20.8 Å². The first-order chi connectivity index (χ1) is 6.22. The molecule has 0 aromatic carbocycles. The summed E-state index contributed by atoms with van der Waals surface area (Å²) >= 11 is 0. The molecule has 1 unspecified atom stereocenters. The highest BCUT2D eigenvalue weighted by molar-refractivity contribution is 7.94. The lowest BCUT2D eigenvalue weighted by molar-refractivity contribution is 0.0409. The van der Waals surface area contributed by atoms with Gasteiger partial charge in [0.25, 0.3) is 0 Å². The zero-order valence-corrected chi connectivity index (χ0v) is 9.43. The molecule has 1 atom stereocenters. The van der Waals surface area contributed by atoms with Crippen LogP contribution < -0.4 is 0 Å². The van der Waals surface area contributed by atoms with Gasteiger partial charge >= 0.3 is 6.09 Å². The first-order valence-electron chi connectivity index (χ1n) is 4.25. The molecular formula is C8H15NO4S. The topological polar surface area (TPSA) is 55.8 Å². The summed E-state index contributed by atoms with van der Waals surface area (Å²) in [6.45, 7) is 5.73. The van der Waals surface area contributed by atoms with Gasteiger partial charge in [-0.2, -0.15) is 0 Å². The van der Waals surface area contributed by atoms with Crippen molar-refractivity contribution in [2.24, 2.45) is 0 Å². The Hall–Kier alpha value is -0.750. The standard InChI is InChI=1S/C8H15NO4S/c1-8(2,3)13-7(10)9-5-6-12-14(9,4)11/h4-6H2,1-3H3. The van der Waals surface area contributed by atoms with Crippen LogP contribution in [-0.2, 0) is 18.9 Å². The first-order valence-corrected chi connectivity index (χ1v) is 5.85. The van der Waals surface area contributed by atoms with E-state index in [2.05, 4.69) is 5.87 Å². The van der Waals surface area contributed by atoms with Gasteiger partial charge in [0.15, 0.2) is 9.99 Å². The predicted molar refractivity (Wildman–Crippen MR) is 54.2 cm³/mol. The second-order valence-electron chi connectivity index (χ2n) is 3.99. The van der Waals surface area contributed by atoms with Crippen LogP contribution in [0.15, 0.2) is 0 Å². The minimum atomic E-state index is -2.90. The van der Waals surface area contributed by atoms with Crippen molar-refractivity contribution >= 4 is 22.0 Å². The molecule has 0 spiro atoms. The van der Waals surface area contributed by atoms with E-state index in [-0.39, 0.29) is 13.2 Å². The van der Waals surface area contributed by atoms with E-state index in [9.17, 15) is 9.00 Å². The Labute approximate surface area is 84.3 Å². The summed E-state index contributed by atoms with van der Waals surface area (Å²) in [5, 5.41) is 0. The first kappa shape index (κ1) is 11.3. The fourth-order valence-corrected chi connectivity index (χ4v) is 2.05. The van der Waals surface area contributed by atoms with Gasteiger partial charge in [-0.3, -0.25) is 4.18 Å². The SMILES string of the molecule is C=S1(=O)OCCN1C(=O)OC(C)(C)C. The normalized spacial score (nSPS) is 27.8. The second kappa shape index (κ2) is 3.43. The number of ether oxygens (including phenoxy) is 1. The van der Waals surface area contributed by atoms with Gasteiger partial charge in [-0.1, -0.05) is 0 Å². The average molecular weight is 221 g/mol. The Bertz CT molecular complexity index is 328. The van der Waals surface area contributed by atoms with Crippen molar-refractivity contribution in [1.29, 1.82) is 0 Å². The van der Waals surface area contributed by atoms with E-state index in [0.29, 0.717) is 0 Å². The fraction of sp³-hybridized carbons (Fsp3) is 0.750. The highest BCUT2D eigenvalue weighted by Crippen LogP contribution is 2.16. The van der Waals surface area contributed by atoms with Crippen molar-refractivity contribution in [2.75, 3.05) is 13.2 Å². The summed E-state index contributed by atoms with van der Waals surface area (Å²) < 4.78 is 22.4. The zero-order chi connectivity index (χ0) is 11.0. The van der Waals surface area contributed by atoms with Crippen LogP contribution in [0.25, 0.3) is 0 Å². The maximum Gasteiger partial charge on any atom is 0.423 e. The van der Waals surface area contributed by atoms with Gasteiger partial charge in [-0.15, -0.1) is 0 Å². The van der Waals surface area contributed by atoms with E-state index >= 15 is 0 Å². The number of nitrogens with zero attached hydrogens (tertiary/aromatic N) is 1. The summed E-state index contributed by atoms with van der Waals surface area (Å²) in [6, 6.07) is 0. The maximum absolute atomic E-state index is 11.5. The van der Waals surface area contributed by atoms with Crippen LogP contribution in [0.3, 0.4) is 0 Å². The molecule has 1 rings (SSSR count). The molecule has 0 radical (unpaired) electrons. The summed E-state index contributed by atoms with van der Waals surface area (Å²) in [4.78, 5) is 11.5. The van der Waals surface area contributed by atoms with Crippen LogP contribution >= 0.6 is 0 Å². The molecule has 14 heavy (non-hydrogen) atoms. The third-order valence-corrected chi connectivity index (χ3v) is 3.03. The van der Waals surface area contributed by atoms with Crippen LogP contribution in [0.5, 0.6) is 0 Å². The highest BCUT2D eigenvalue weighted by atomic mass is 32.2. The van der Waals surface area contributed by atoms with Crippen LogP contribution in [0.4, 0.5) is 4.79 Å². The molecule has 0 N–H and O–H groups in total. The molecule has 82 valence electrons. The Morgan fingerprint density at radius 1 is 1.57 bits per heavy atom. The molecule has 5 nitrogen and oxygen atoms in total. The molecule has 0 aromatic rings. The molecule has 0 aromatic heterocycles. The molecule has 1 aliphatic rings. The number of carbonyl (C=O) groups excluding carboxylic acids is 1. The lowest BCUT2D eigenvalue weighted by Crippen LogP contribution is -2.37. The van der Waals surface area contributed by atoms with Crippen LogP contribution in [0.2, 0.25) is 0 Å². The Balaban J connectivity index is 2.72. The summed E-state index contributed by atoms with van der Waals surface area (Å²) in [7, 11) is -2.90. The van der Waals surface area contributed by atoms with Crippen molar-refractivity contribution in [3.05, 3.63) is 0 Å². The maximum atomic E-state index is 11.5. The third-order valence-electron chi connectivity index (χ3n) is 1.49. The molecular weight excluding hydrogens is 206 g/mol. The van der Waals surface area contributed by atoms with E-state index in [0.717, 1.165) is 4.31 Å². The van der Waals surface area contributed by atoms with E-state index in [1.165, 1.54) is 0 Å². The fourth-order valence-electron chi connectivity index (χ4n) is 0.971. The van der Waals surface area contributed by atoms with Gasteiger partial charge in [0, 0.05) is 5.87 Å². The molecule has 1 saturated heterocycles. The van der Waals surface area contributed by atoms with Crippen LogP contribution in [-0.4, -0.2) is 39.2 Å². The molecule has 1 aliphatic heterocycles. The molecule has 0 bridgehead atoms. The van der Waals surface area contributed by atoms with Crippen molar-refractivity contribution in [3.8, 4) is 0 Å². The minimum absolute atomic E-state index is 0.238. The quantitative estimate of drug-likeness (QED) is 0.568. The third kappa shape index (κ3) is 2.62. The average Bonchev–Trinajstić information content (AvgIpc) is 2.25. The molecule has 0 saturated carbocycles. The molecule has 0 aliphatic carbocycles. The van der Waals surface area contributed by atoms with Crippen molar-refractivity contribution in [2.45, 2.75) is 26.4 Å². The number of hydrogen-bond donors (Lipinski definition) is 0. The van der Waals surface area contributed by atoms with Gasteiger partial charge in [0.05, 0.1) is 13.2 Å². The summed E-state index contributed by atoms with van der Waals surface area (Å²) in [5.74, 6) is 3.33. The van der Waals surface area contributed by atoms with Gasteiger partial charge in [0.2, 0.25) is 0 Å². The van der Waals surface area contributed by atoms with Gasteiger partial charge in [0.1, 0.15) is 5.60 Å². The molecule has 1 amide bonds. The molecule has 1 fully saturated rings. The van der Waals surface area contributed by atoms with Crippen LogP contribution in [0.1, 0.15) is 20.8 Å². The smallest absolute Gasteiger partial charge is 0.423 e. The van der Waals surface area contributed by atoms with E-state index in [1.54, 1.807) is 20.8 Å². The number of carbonyl (C=O) groups is 1. The van der Waals surface area contributed by atoms with Crippen molar-refractivity contribution < 1.29 is 17.9 Å². The lowest BCUT2D eigenvalue weighted by Gasteiger charge is -2.24.